The van der Waals surface area contributed by atoms with Crippen molar-refractivity contribution >= 4 is 27.5 Å². The lowest BCUT2D eigenvalue weighted by Gasteiger charge is -2.24. The summed E-state index contributed by atoms with van der Waals surface area (Å²) in [4.78, 5) is 12.4. The summed E-state index contributed by atoms with van der Waals surface area (Å²) in [6.45, 7) is 0.213. The van der Waals surface area contributed by atoms with Gasteiger partial charge in [-0.1, -0.05) is 15.9 Å². The van der Waals surface area contributed by atoms with Crippen LogP contribution in [0.4, 0.5) is 14.5 Å². The predicted molar refractivity (Wildman–Crippen MR) is 83.6 cm³/mol. The van der Waals surface area contributed by atoms with Crippen LogP contribution in [0.25, 0.3) is 0 Å². The molecular formula is C15H14BrF2N3O2. The zero-order chi connectivity index (χ0) is 16.6. The third-order valence-electron chi connectivity index (χ3n) is 3.62. The Labute approximate surface area is 139 Å². The van der Waals surface area contributed by atoms with Gasteiger partial charge in [-0.2, -0.15) is 5.10 Å². The van der Waals surface area contributed by atoms with Crippen molar-refractivity contribution < 1.29 is 18.3 Å². The van der Waals surface area contributed by atoms with E-state index >= 15 is 0 Å². The van der Waals surface area contributed by atoms with Crippen molar-refractivity contribution in [2.75, 3.05) is 11.9 Å². The largest absolute Gasteiger partial charge is 0.492 e. The number of nitrogens with one attached hydrogen (secondary N) is 1. The Morgan fingerprint density at radius 3 is 3.04 bits per heavy atom. The molecule has 1 N–H and O–H groups in total. The molecule has 1 unspecified atom stereocenters. The van der Waals surface area contributed by atoms with E-state index < -0.39 is 18.0 Å². The lowest BCUT2D eigenvalue weighted by Crippen LogP contribution is -2.32. The van der Waals surface area contributed by atoms with Crippen LogP contribution in [0, 0.1) is 5.92 Å². The number of nitrogens with zero attached hydrogens (tertiary/aromatic N) is 2. The Morgan fingerprint density at radius 2 is 2.30 bits per heavy atom. The van der Waals surface area contributed by atoms with Crippen LogP contribution in [0.3, 0.4) is 0 Å². The molecule has 23 heavy (non-hydrogen) atoms. The van der Waals surface area contributed by atoms with E-state index in [1.165, 1.54) is 17.9 Å². The summed E-state index contributed by atoms with van der Waals surface area (Å²) in [6.07, 6.45) is -0.885. The number of amides is 1. The Kier molecular flexibility index (Phi) is 4.34. The highest BCUT2D eigenvalue weighted by Crippen LogP contribution is 2.31. The van der Waals surface area contributed by atoms with E-state index in [-0.39, 0.29) is 18.2 Å². The minimum absolute atomic E-state index is 0.0348. The van der Waals surface area contributed by atoms with Crippen molar-refractivity contribution in [1.82, 2.24) is 9.78 Å². The van der Waals surface area contributed by atoms with E-state index in [4.69, 9.17) is 4.74 Å². The molecular weight excluding hydrogens is 372 g/mol. The number of hydrogen-bond donors (Lipinski definition) is 1. The quantitative estimate of drug-likeness (QED) is 0.881. The maximum atomic E-state index is 12.9. The van der Waals surface area contributed by atoms with Crippen LogP contribution in [0.1, 0.15) is 17.7 Å². The highest BCUT2D eigenvalue weighted by atomic mass is 79.9. The second-order valence-corrected chi connectivity index (χ2v) is 6.27. The number of anilines is 1. The molecule has 0 spiro atoms. The number of aryl methyl sites for hydroxylation is 1. The summed E-state index contributed by atoms with van der Waals surface area (Å²) in [5, 5.41) is 6.20. The molecule has 0 saturated carbocycles. The summed E-state index contributed by atoms with van der Waals surface area (Å²) >= 11 is 3.38. The minimum atomic E-state index is -2.74. The molecule has 1 aromatic carbocycles. The van der Waals surface area contributed by atoms with Crippen molar-refractivity contribution in [3.05, 3.63) is 40.1 Å². The average Bonchev–Trinajstić information content (AvgIpc) is 2.87. The number of halogens is 3. The van der Waals surface area contributed by atoms with E-state index in [1.807, 2.05) is 18.2 Å². The SMILES string of the molecule is Cn1cc(NC(=O)C2COc3ccc(Br)cc3C2)c(C(F)F)n1. The number of ether oxygens (including phenoxy) is 1. The highest BCUT2D eigenvalue weighted by molar-refractivity contribution is 9.10. The molecule has 1 amide bonds. The van der Waals surface area contributed by atoms with Crippen molar-refractivity contribution in [3.63, 3.8) is 0 Å². The van der Waals surface area contributed by atoms with Gasteiger partial charge < -0.3 is 10.1 Å². The number of rotatable bonds is 3. The molecule has 0 bridgehead atoms. The number of fused-ring (bicyclic) bond motifs is 1. The fraction of sp³-hybridized carbons (Fsp3) is 0.333. The predicted octanol–water partition coefficient (Wildman–Crippen LogP) is 3.31. The molecule has 0 fully saturated rings. The molecule has 2 heterocycles. The molecule has 122 valence electrons. The van der Waals surface area contributed by atoms with Gasteiger partial charge in [-0.15, -0.1) is 0 Å². The van der Waals surface area contributed by atoms with Crippen LogP contribution < -0.4 is 10.1 Å². The van der Waals surface area contributed by atoms with E-state index in [0.29, 0.717) is 6.42 Å². The first-order chi connectivity index (χ1) is 10.9. The van der Waals surface area contributed by atoms with E-state index in [9.17, 15) is 13.6 Å². The summed E-state index contributed by atoms with van der Waals surface area (Å²) in [6, 6.07) is 5.59. The molecule has 1 atom stereocenters. The van der Waals surface area contributed by atoms with E-state index in [1.54, 1.807) is 0 Å². The van der Waals surface area contributed by atoms with Gasteiger partial charge in [0, 0.05) is 17.7 Å². The number of carbonyl (C=O) groups excluding carboxylic acids is 1. The minimum Gasteiger partial charge on any atom is -0.492 e. The molecule has 0 saturated heterocycles. The zero-order valence-electron chi connectivity index (χ0n) is 12.2. The number of carbonyl (C=O) groups is 1. The van der Waals surface area contributed by atoms with Crippen molar-refractivity contribution in [3.8, 4) is 5.75 Å². The lowest BCUT2D eigenvalue weighted by molar-refractivity contribution is -0.121. The second kappa shape index (κ2) is 6.27. The van der Waals surface area contributed by atoms with E-state index in [2.05, 4.69) is 26.3 Å². The summed E-state index contributed by atoms with van der Waals surface area (Å²) in [5.41, 5.74) is 0.513. The Hall–Kier alpha value is -1.96. The van der Waals surface area contributed by atoms with Crippen molar-refractivity contribution in [2.45, 2.75) is 12.8 Å². The average molecular weight is 386 g/mol. The Morgan fingerprint density at radius 1 is 1.52 bits per heavy atom. The van der Waals surface area contributed by atoms with Crippen LogP contribution in [0.5, 0.6) is 5.75 Å². The van der Waals surface area contributed by atoms with Crippen LogP contribution >= 0.6 is 15.9 Å². The van der Waals surface area contributed by atoms with Gasteiger partial charge in [-0.05, 0) is 30.2 Å². The highest BCUT2D eigenvalue weighted by Gasteiger charge is 2.28. The maximum Gasteiger partial charge on any atom is 0.284 e. The standard InChI is InChI=1S/C15H14BrF2N3O2/c1-21-6-11(13(20-21)14(17)18)19-15(22)9-4-8-5-10(16)2-3-12(8)23-7-9/h2-3,5-6,9,14H,4,7H2,1H3,(H,19,22). The van der Waals surface area contributed by atoms with Gasteiger partial charge in [0.05, 0.1) is 11.6 Å². The molecule has 1 aliphatic rings. The monoisotopic (exact) mass is 385 g/mol. The van der Waals surface area contributed by atoms with Gasteiger partial charge in [0.15, 0.2) is 5.69 Å². The summed E-state index contributed by atoms with van der Waals surface area (Å²) in [5.74, 6) is -0.0556. The summed E-state index contributed by atoms with van der Waals surface area (Å²) in [7, 11) is 1.53. The Balaban J connectivity index is 1.75. The molecule has 1 aliphatic heterocycles. The smallest absolute Gasteiger partial charge is 0.284 e. The maximum absolute atomic E-state index is 12.9. The molecule has 1 aromatic heterocycles. The normalized spacial score (nSPS) is 16.8. The second-order valence-electron chi connectivity index (χ2n) is 5.36. The van der Waals surface area contributed by atoms with Crippen LogP contribution in [0.2, 0.25) is 0 Å². The molecule has 0 aliphatic carbocycles. The number of hydrogen-bond acceptors (Lipinski definition) is 3. The molecule has 0 radical (unpaired) electrons. The van der Waals surface area contributed by atoms with Crippen molar-refractivity contribution in [1.29, 1.82) is 0 Å². The fourth-order valence-corrected chi connectivity index (χ4v) is 2.94. The Bertz CT molecular complexity index is 748. The first-order valence-electron chi connectivity index (χ1n) is 6.98. The van der Waals surface area contributed by atoms with Crippen LogP contribution in [-0.4, -0.2) is 22.3 Å². The number of aromatic nitrogens is 2. The molecule has 5 nitrogen and oxygen atoms in total. The van der Waals surface area contributed by atoms with Gasteiger partial charge in [0.25, 0.3) is 6.43 Å². The van der Waals surface area contributed by atoms with Gasteiger partial charge in [0.1, 0.15) is 12.4 Å². The molecule has 3 rings (SSSR count). The van der Waals surface area contributed by atoms with Gasteiger partial charge in [-0.3, -0.25) is 9.48 Å². The molecule has 8 heteroatoms. The van der Waals surface area contributed by atoms with Crippen molar-refractivity contribution in [2.24, 2.45) is 13.0 Å². The fourth-order valence-electron chi connectivity index (χ4n) is 2.53. The third kappa shape index (κ3) is 3.36. The van der Waals surface area contributed by atoms with Crippen LogP contribution in [-0.2, 0) is 18.3 Å². The topological polar surface area (TPSA) is 56.2 Å². The van der Waals surface area contributed by atoms with E-state index in [0.717, 1.165) is 15.8 Å². The zero-order valence-corrected chi connectivity index (χ0v) is 13.8. The third-order valence-corrected chi connectivity index (χ3v) is 4.11. The first-order valence-corrected chi connectivity index (χ1v) is 7.77. The first kappa shape index (κ1) is 15.9. The van der Waals surface area contributed by atoms with Gasteiger partial charge in [-0.25, -0.2) is 8.78 Å². The van der Waals surface area contributed by atoms with Gasteiger partial charge in [0.2, 0.25) is 5.91 Å². The van der Waals surface area contributed by atoms with Gasteiger partial charge >= 0.3 is 0 Å². The number of benzene rings is 1. The molecule has 2 aromatic rings. The number of alkyl halides is 2. The summed E-state index contributed by atoms with van der Waals surface area (Å²) < 4.78 is 33.6. The van der Waals surface area contributed by atoms with Crippen LogP contribution in [0.15, 0.2) is 28.9 Å². The lowest BCUT2D eigenvalue weighted by atomic mass is 9.96.